The molecule has 1 aromatic carbocycles. The fraction of sp³-hybridized carbons (Fsp3) is 0.556. The van der Waals surface area contributed by atoms with Gasteiger partial charge in [0.05, 0.1) is 13.2 Å². The summed E-state index contributed by atoms with van der Waals surface area (Å²) in [6.07, 6.45) is 8.03. The monoisotopic (exact) mass is 287 g/mol. The van der Waals surface area contributed by atoms with Crippen LogP contribution < -0.4 is 10.1 Å². The summed E-state index contributed by atoms with van der Waals surface area (Å²) in [7, 11) is 1.68. The number of fused-ring (bicyclic) bond motifs is 1. The maximum Gasteiger partial charge on any atom is 0.176 e. The third-order valence-electron chi connectivity index (χ3n) is 4.51. The Balaban J connectivity index is 1.76. The molecule has 1 aliphatic carbocycles. The summed E-state index contributed by atoms with van der Waals surface area (Å²) in [5.74, 6) is 1.80. The summed E-state index contributed by atoms with van der Waals surface area (Å²) >= 11 is 0. The molecule has 0 spiro atoms. The van der Waals surface area contributed by atoms with Crippen LogP contribution in [0.2, 0.25) is 0 Å². The first-order chi connectivity index (χ1) is 10.3. The van der Waals surface area contributed by atoms with Gasteiger partial charge in [-0.05, 0) is 31.9 Å². The van der Waals surface area contributed by atoms with E-state index in [0.29, 0.717) is 6.04 Å². The smallest absolute Gasteiger partial charge is 0.176 e. The number of rotatable bonds is 4. The molecule has 0 aliphatic heterocycles. The molecular weight excluding hydrogens is 262 g/mol. The molecule has 1 heterocycles. The van der Waals surface area contributed by atoms with Gasteiger partial charge in [-0.1, -0.05) is 37.8 Å². The summed E-state index contributed by atoms with van der Waals surface area (Å²) in [4.78, 5) is 0. The van der Waals surface area contributed by atoms with Crippen LogP contribution in [0.15, 0.2) is 28.7 Å². The zero-order valence-electron chi connectivity index (χ0n) is 13.0. The number of ether oxygens (including phenoxy) is 1. The lowest BCUT2D eigenvalue weighted by Crippen LogP contribution is -2.30. The van der Waals surface area contributed by atoms with E-state index in [-0.39, 0.29) is 6.04 Å². The van der Waals surface area contributed by atoms with E-state index in [2.05, 4.69) is 24.4 Å². The van der Waals surface area contributed by atoms with Crippen LogP contribution in [0, 0.1) is 0 Å². The molecule has 0 bridgehead atoms. The zero-order valence-corrected chi connectivity index (χ0v) is 13.0. The first kappa shape index (κ1) is 14.5. The number of para-hydroxylation sites is 1. The van der Waals surface area contributed by atoms with Gasteiger partial charge in [-0.15, -0.1) is 0 Å². The number of furan rings is 1. The topological polar surface area (TPSA) is 34.4 Å². The van der Waals surface area contributed by atoms with Gasteiger partial charge in [0, 0.05) is 11.4 Å². The Kier molecular flexibility index (Phi) is 4.49. The quantitative estimate of drug-likeness (QED) is 0.819. The van der Waals surface area contributed by atoms with Gasteiger partial charge < -0.3 is 14.5 Å². The molecule has 1 aromatic heterocycles. The van der Waals surface area contributed by atoms with Crippen molar-refractivity contribution in [2.24, 2.45) is 0 Å². The maximum absolute atomic E-state index is 6.04. The van der Waals surface area contributed by atoms with Crippen LogP contribution in [0.25, 0.3) is 11.0 Å². The fourth-order valence-corrected chi connectivity index (χ4v) is 3.31. The van der Waals surface area contributed by atoms with Crippen LogP contribution in [-0.4, -0.2) is 13.2 Å². The van der Waals surface area contributed by atoms with Crippen molar-refractivity contribution >= 4 is 11.0 Å². The minimum absolute atomic E-state index is 0.241. The first-order valence-corrected chi connectivity index (χ1v) is 8.10. The van der Waals surface area contributed by atoms with Crippen LogP contribution in [0.1, 0.15) is 57.3 Å². The molecule has 1 fully saturated rings. The summed E-state index contributed by atoms with van der Waals surface area (Å²) in [6, 6.07) is 9.01. The second-order valence-corrected chi connectivity index (χ2v) is 6.10. The van der Waals surface area contributed by atoms with Gasteiger partial charge >= 0.3 is 0 Å². The van der Waals surface area contributed by atoms with Crippen LogP contribution in [0.3, 0.4) is 0 Å². The van der Waals surface area contributed by atoms with Crippen LogP contribution in [0.5, 0.6) is 5.75 Å². The van der Waals surface area contributed by atoms with Crippen molar-refractivity contribution in [1.82, 2.24) is 5.32 Å². The number of hydrogen-bond donors (Lipinski definition) is 1. The highest BCUT2D eigenvalue weighted by atomic mass is 16.5. The fourth-order valence-electron chi connectivity index (χ4n) is 3.31. The van der Waals surface area contributed by atoms with Gasteiger partial charge in [0.15, 0.2) is 11.3 Å². The normalized spacial score (nSPS) is 18.6. The lowest BCUT2D eigenvalue weighted by molar-refractivity contribution is 0.367. The molecule has 2 aromatic rings. The van der Waals surface area contributed by atoms with Gasteiger partial charge in [0.25, 0.3) is 0 Å². The van der Waals surface area contributed by atoms with E-state index in [0.717, 1.165) is 22.5 Å². The Hall–Kier alpha value is -1.48. The maximum atomic E-state index is 6.04. The summed E-state index contributed by atoms with van der Waals surface area (Å²) in [5, 5.41) is 4.85. The van der Waals surface area contributed by atoms with Crippen molar-refractivity contribution in [2.75, 3.05) is 7.11 Å². The van der Waals surface area contributed by atoms with Crippen molar-refractivity contribution in [3.8, 4) is 5.75 Å². The Morgan fingerprint density at radius 3 is 2.67 bits per heavy atom. The highest BCUT2D eigenvalue weighted by molar-refractivity contribution is 5.83. The summed E-state index contributed by atoms with van der Waals surface area (Å²) < 4.78 is 11.4. The van der Waals surface area contributed by atoms with Crippen LogP contribution in [-0.2, 0) is 0 Å². The lowest BCUT2D eigenvalue weighted by Gasteiger charge is -2.20. The second-order valence-electron chi connectivity index (χ2n) is 6.10. The molecule has 3 heteroatoms. The number of benzene rings is 1. The molecule has 0 unspecified atom stereocenters. The van der Waals surface area contributed by atoms with Crippen molar-refractivity contribution in [3.05, 3.63) is 30.0 Å². The van der Waals surface area contributed by atoms with Crippen LogP contribution in [0.4, 0.5) is 0 Å². The third kappa shape index (κ3) is 3.24. The predicted molar refractivity (Wildman–Crippen MR) is 85.8 cm³/mol. The van der Waals surface area contributed by atoms with Gasteiger partial charge in [-0.25, -0.2) is 0 Å². The molecule has 21 heavy (non-hydrogen) atoms. The number of hydrogen-bond acceptors (Lipinski definition) is 3. The average molecular weight is 287 g/mol. The van der Waals surface area contributed by atoms with Gasteiger partial charge in [-0.2, -0.15) is 0 Å². The van der Waals surface area contributed by atoms with E-state index in [4.69, 9.17) is 9.15 Å². The molecule has 1 N–H and O–H groups in total. The van der Waals surface area contributed by atoms with E-state index < -0.39 is 0 Å². The number of nitrogens with one attached hydrogen (secondary N) is 1. The van der Waals surface area contributed by atoms with Crippen molar-refractivity contribution < 1.29 is 9.15 Å². The first-order valence-electron chi connectivity index (χ1n) is 8.10. The van der Waals surface area contributed by atoms with Gasteiger partial charge in [0.2, 0.25) is 0 Å². The lowest BCUT2D eigenvalue weighted by atomic mass is 10.1. The van der Waals surface area contributed by atoms with E-state index >= 15 is 0 Å². The summed E-state index contributed by atoms with van der Waals surface area (Å²) in [5.41, 5.74) is 0.851. The van der Waals surface area contributed by atoms with Crippen LogP contribution >= 0.6 is 0 Å². The highest BCUT2D eigenvalue weighted by Gasteiger charge is 2.18. The molecule has 1 aliphatic rings. The Morgan fingerprint density at radius 2 is 1.95 bits per heavy atom. The number of methoxy groups -OCH3 is 1. The molecule has 3 rings (SSSR count). The Labute approximate surface area is 126 Å². The minimum Gasteiger partial charge on any atom is -0.493 e. The predicted octanol–water partition coefficient (Wildman–Crippen LogP) is 4.81. The van der Waals surface area contributed by atoms with Crippen molar-refractivity contribution in [3.63, 3.8) is 0 Å². The molecule has 0 saturated heterocycles. The Morgan fingerprint density at radius 1 is 1.19 bits per heavy atom. The SMILES string of the molecule is COc1cccc2cc([C@@H](C)NC3CCCCCC3)oc12. The molecule has 0 radical (unpaired) electrons. The molecule has 0 amide bonds. The molecule has 1 saturated carbocycles. The third-order valence-corrected chi connectivity index (χ3v) is 4.51. The second kappa shape index (κ2) is 6.52. The van der Waals surface area contributed by atoms with Gasteiger partial charge in [-0.3, -0.25) is 0 Å². The molecule has 114 valence electrons. The molecule has 1 atom stereocenters. The van der Waals surface area contributed by atoms with Crippen molar-refractivity contribution in [2.45, 2.75) is 57.5 Å². The van der Waals surface area contributed by atoms with Gasteiger partial charge in [0.1, 0.15) is 5.76 Å². The summed E-state index contributed by atoms with van der Waals surface area (Å²) in [6.45, 7) is 2.19. The van der Waals surface area contributed by atoms with E-state index in [1.54, 1.807) is 7.11 Å². The van der Waals surface area contributed by atoms with Crippen molar-refractivity contribution in [1.29, 1.82) is 0 Å². The average Bonchev–Trinajstić information content (AvgIpc) is 2.78. The van der Waals surface area contributed by atoms with E-state index in [1.807, 2.05) is 12.1 Å². The zero-order chi connectivity index (χ0) is 14.7. The minimum atomic E-state index is 0.241. The van der Waals surface area contributed by atoms with E-state index in [1.165, 1.54) is 38.5 Å². The largest absolute Gasteiger partial charge is 0.493 e. The standard InChI is InChI=1S/C18H25NO2/c1-13(19-15-9-5-3-4-6-10-15)17-12-14-8-7-11-16(20-2)18(14)21-17/h7-8,11-13,15,19H,3-6,9-10H2,1-2H3/t13-/m1/s1. The highest BCUT2D eigenvalue weighted by Crippen LogP contribution is 2.31. The van der Waals surface area contributed by atoms with E-state index in [9.17, 15) is 0 Å². The molecular formula is C18H25NO2. The Bertz CT molecular complexity index is 582. The molecule has 3 nitrogen and oxygen atoms in total.